The Balaban J connectivity index is 1.89. The van der Waals surface area contributed by atoms with Gasteiger partial charge in [0.1, 0.15) is 0 Å². The van der Waals surface area contributed by atoms with Crippen molar-refractivity contribution in [3.63, 3.8) is 0 Å². The molecule has 8 heteroatoms. The summed E-state index contributed by atoms with van der Waals surface area (Å²) in [4.78, 5) is 27.0. The van der Waals surface area contributed by atoms with Crippen molar-refractivity contribution in [2.24, 2.45) is 12.8 Å². The number of nitrogens with two attached hydrogens (primary N) is 1. The van der Waals surface area contributed by atoms with Crippen LogP contribution in [0.2, 0.25) is 0 Å². The number of aryl methyl sites for hydroxylation is 1. The number of para-hydroxylation sites is 1. The summed E-state index contributed by atoms with van der Waals surface area (Å²) in [6.07, 6.45) is 4.50. The van der Waals surface area contributed by atoms with E-state index in [2.05, 4.69) is 11.5 Å². The Kier molecular flexibility index (Phi) is 8.87. The lowest BCUT2D eigenvalue weighted by Gasteiger charge is -2.14. The lowest BCUT2D eigenvalue weighted by molar-refractivity contribution is 0.1000. The fourth-order valence-corrected chi connectivity index (χ4v) is 5.61. The molecular weight excluding hydrogens is 504 g/mol. The molecule has 0 aliphatic heterocycles. The first-order valence-corrected chi connectivity index (χ1v) is 13.8. The van der Waals surface area contributed by atoms with E-state index < -0.39 is 5.91 Å². The predicted molar refractivity (Wildman–Crippen MR) is 159 cm³/mol. The van der Waals surface area contributed by atoms with Gasteiger partial charge in [0.2, 0.25) is 0 Å². The maximum atomic E-state index is 14.1. The molecule has 2 heterocycles. The average Bonchev–Trinajstić information content (AvgIpc) is 3.35. The zero-order chi connectivity index (χ0) is 29.0. The van der Waals surface area contributed by atoms with Crippen LogP contribution in [-0.2, 0) is 26.4 Å². The number of aromatic nitrogens is 3. The first-order valence-electron chi connectivity index (χ1n) is 13.8. The van der Waals surface area contributed by atoms with Gasteiger partial charge in [0.05, 0.1) is 31.0 Å². The number of carbonyl (C=O) groups excluding carboxylic acids is 1. The summed E-state index contributed by atoms with van der Waals surface area (Å²) in [6.45, 7) is 6.64. The number of rotatable bonds is 12. The lowest BCUT2D eigenvalue weighted by atomic mass is 9.97. The molecule has 4 aromatic rings. The molecule has 2 aromatic heterocycles. The van der Waals surface area contributed by atoms with Gasteiger partial charge in [-0.05, 0) is 62.9 Å². The minimum absolute atomic E-state index is 0.164. The van der Waals surface area contributed by atoms with E-state index in [1.807, 2.05) is 74.1 Å². The monoisotopic (exact) mass is 544 g/mol. The number of benzene rings is 2. The third-order valence-corrected chi connectivity index (χ3v) is 7.77. The Labute approximate surface area is 235 Å². The predicted octanol–water partition coefficient (Wildman–Crippen LogP) is 5.35. The van der Waals surface area contributed by atoms with Crippen LogP contribution in [0, 0.1) is 13.8 Å². The standard InChI is InChI=1S/C32H40N4O4/c1-7-8-10-15-25-30(29-21(2)34(4)36(32(29)38)24-13-11-9-12-14-24)28(31(33)37)22(3)35(25)19-18-23-16-17-26(39-5)27(20-23)40-6/h9,11-14,16-17,20H,7-8,10,15,18-19H2,1-6H3,(H2,33,37). The Morgan fingerprint density at radius 2 is 1.60 bits per heavy atom. The van der Waals surface area contributed by atoms with Gasteiger partial charge in [-0.25, -0.2) is 4.68 Å². The van der Waals surface area contributed by atoms with Gasteiger partial charge >= 0.3 is 0 Å². The number of carbonyl (C=O) groups is 1. The molecule has 212 valence electrons. The number of hydrogen-bond donors (Lipinski definition) is 1. The van der Waals surface area contributed by atoms with E-state index in [9.17, 15) is 9.59 Å². The summed E-state index contributed by atoms with van der Waals surface area (Å²) in [5, 5.41) is 0. The summed E-state index contributed by atoms with van der Waals surface area (Å²) in [7, 11) is 5.11. The van der Waals surface area contributed by atoms with Crippen LogP contribution in [0.5, 0.6) is 11.5 Å². The van der Waals surface area contributed by atoms with Crippen LogP contribution in [-0.4, -0.2) is 34.1 Å². The smallest absolute Gasteiger partial charge is 0.279 e. The highest BCUT2D eigenvalue weighted by Crippen LogP contribution is 2.35. The van der Waals surface area contributed by atoms with Gasteiger partial charge in [-0.1, -0.05) is 44.0 Å². The number of methoxy groups -OCH3 is 2. The van der Waals surface area contributed by atoms with Crippen molar-refractivity contribution >= 4 is 5.91 Å². The van der Waals surface area contributed by atoms with Gasteiger partial charge in [0.15, 0.2) is 11.5 Å². The van der Waals surface area contributed by atoms with E-state index >= 15 is 0 Å². The molecule has 0 aliphatic rings. The summed E-state index contributed by atoms with van der Waals surface area (Å²) < 4.78 is 16.6. The first kappa shape index (κ1) is 28.8. The van der Waals surface area contributed by atoms with Crippen molar-refractivity contribution in [2.45, 2.75) is 59.4 Å². The van der Waals surface area contributed by atoms with E-state index in [-0.39, 0.29) is 5.56 Å². The van der Waals surface area contributed by atoms with Crippen molar-refractivity contribution in [2.75, 3.05) is 14.2 Å². The number of nitrogens with zero attached hydrogens (tertiary/aromatic N) is 3. The van der Waals surface area contributed by atoms with Crippen LogP contribution in [0.25, 0.3) is 16.8 Å². The van der Waals surface area contributed by atoms with Crippen molar-refractivity contribution in [1.29, 1.82) is 0 Å². The molecule has 0 unspecified atom stereocenters. The second kappa shape index (κ2) is 12.3. The van der Waals surface area contributed by atoms with Gasteiger partial charge < -0.3 is 19.8 Å². The minimum Gasteiger partial charge on any atom is -0.493 e. The Morgan fingerprint density at radius 1 is 0.900 bits per heavy atom. The van der Waals surface area contributed by atoms with Crippen LogP contribution in [0.1, 0.15) is 59.2 Å². The van der Waals surface area contributed by atoms with Crippen LogP contribution in [0.15, 0.2) is 53.3 Å². The summed E-state index contributed by atoms with van der Waals surface area (Å²) in [6, 6.07) is 15.4. The molecule has 2 aromatic carbocycles. The topological polar surface area (TPSA) is 93.4 Å². The van der Waals surface area contributed by atoms with E-state index in [0.717, 1.165) is 54.0 Å². The van der Waals surface area contributed by atoms with Gasteiger partial charge in [0.25, 0.3) is 11.5 Å². The molecular formula is C32H40N4O4. The van der Waals surface area contributed by atoms with Gasteiger partial charge in [0, 0.05) is 36.2 Å². The van der Waals surface area contributed by atoms with Crippen molar-refractivity contribution in [3.8, 4) is 28.3 Å². The molecule has 0 spiro atoms. The Hall–Kier alpha value is -4.20. The molecule has 4 rings (SSSR count). The lowest BCUT2D eigenvalue weighted by Crippen LogP contribution is -2.21. The van der Waals surface area contributed by atoms with E-state index in [1.165, 1.54) is 0 Å². The molecule has 0 atom stereocenters. The molecule has 0 aliphatic carbocycles. The molecule has 8 nitrogen and oxygen atoms in total. The van der Waals surface area contributed by atoms with Crippen LogP contribution in [0.3, 0.4) is 0 Å². The second-order valence-electron chi connectivity index (χ2n) is 10.1. The van der Waals surface area contributed by atoms with Gasteiger partial charge in [-0.2, -0.15) is 0 Å². The normalized spacial score (nSPS) is 11.2. The fourth-order valence-electron chi connectivity index (χ4n) is 5.61. The van der Waals surface area contributed by atoms with Crippen LogP contribution >= 0.6 is 0 Å². The highest BCUT2D eigenvalue weighted by molar-refractivity contribution is 6.02. The highest BCUT2D eigenvalue weighted by atomic mass is 16.5. The van der Waals surface area contributed by atoms with E-state index in [0.29, 0.717) is 41.2 Å². The maximum Gasteiger partial charge on any atom is 0.279 e. The second-order valence-corrected chi connectivity index (χ2v) is 10.1. The zero-order valence-electron chi connectivity index (χ0n) is 24.4. The Bertz CT molecular complexity index is 1560. The number of hydrogen-bond acceptors (Lipinski definition) is 4. The van der Waals surface area contributed by atoms with Crippen LogP contribution in [0.4, 0.5) is 0 Å². The van der Waals surface area contributed by atoms with Crippen molar-refractivity contribution < 1.29 is 14.3 Å². The van der Waals surface area contributed by atoms with Gasteiger partial charge in [-0.3, -0.25) is 14.3 Å². The molecule has 0 bridgehead atoms. The molecule has 0 saturated heterocycles. The van der Waals surface area contributed by atoms with Crippen LogP contribution < -0.4 is 20.8 Å². The summed E-state index contributed by atoms with van der Waals surface area (Å²) in [5.41, 5.74) is 11.9. The third kappa shape index (κ3) is 5.30. The number of primary amides is 1. The SMILES string of the molecule is CCCCCc1c(-c2c(C)n(C)n(-c3ccccc3)c2=O)c(C(N)=O)c(C)n1CCc1ccc(OC)c(OC)c1. The number of ether oxygens (including phenoxy) is 2. The zero-order valence-corrected chi connectivity index (χ0v) is 24.4. The quantitative estimate of drug-likeness (QED) is 0.243. The van der Waals surface area contributed by atoms with Crippen molar-refractivity contribution in [1.82, 2.24) is 13.9 Å². The van der Waals surface area contributed by atoms with E-state index in [1.54, 1.807) is 18.9 Å². The molecule has 40 heavy (non-hydrogen) atoms. The average molecular weight is 545 g/mol. The molecule has 0 radical (unpaired) electrons. The molecule has 0 saturated carbocycles. The first-order chi connectivity index (χ1) is 19.2. The molecule has 2 N–H and O–H groups in total. The molecule has 0 fully saturated rings. The Morgan fingerprint density at radius 3 is 2.23 bits per heavy atom. The summed E-state index contributed by atoms with van der Waals surface area (Å²) in [5.74, 6) is 0.825. The maximum absolute atomic E-state index is 14.1. The van der Waals surface area contributed by atoms with Crippen molar-refractivity contribution in [3.05, 3.63) is 87.1 Å². The largest absolute Gasteiger partial charge is 0.493 e. The number of amides is 1. The fraction of sp³-hybridized carbons (Fsp3) is 0.375. The molecule has 1 amide bonds. The van der Waals surface area contributed by atoms with Gasteiger partial charge in [-0.15, -0.1) is 0 Å². The minimum atomic E-state index is -0.525. The number of unbranched alkanes of at least 4 members (excludes halogenated alkanes) is 2. The highest BCUT2D eigenvalue weighted by Gasteiger charge is 2.30. The third-order valence-electron chi connectivity index (χ3n) is 7.77. The summed E-state index contributed by atoms with van der Waals surface area (Å²) >= 11 is 0. The van der Waals surface area contributed by atoms with E-state index in [4.69, 9.17) is 15.2 Å².